The van der Waals surface area contributed by atoms with Crippen molar-refractivity contribution in [3.05, 3.63) is 34.6 Å². The van der Waals surface area contributed by atoms with Crippen molar-refractivity contribution in [1.82, 2.24) is 4.90 Å². The molecule has 0 spiro atoms. The van der Waals surface area contributed by atoms with Gasteiger partial charge in [-0.15, -0.1) is 0 Å². The fourth-order valence-corrected chi connectivity index (χ4v) is 1.51. The maximum absolute atomic E-state index is 13.4. The molecule has 3 nitrogen and oxygen atoms in total. The van der Waals surface area contributed by atoms with Gasteiger partial charge in [0, 0.05) is 17.1 Å². The summed E-state index contributed by atoms with van der Waals surface area (Å²) in [4.78, 5) is 12.6. The smallest absolute Gasteiger partial charge is 0.234 e. The van der Waals surface area contributed by atoms with E-state index in [2.05, 4.69) is 0 Å². The van der Waals surface area contributed by atoms with Crippen LogP contribution in [0, 0.1) is 5.82 Å². The molecule has 0 bridgehead atoms. The maximum Gasteiger partial charge on any atom is 0.234 e. The predicted octanol–water partition coefficient (Wildman–Crippen LogP) is 1.78. The number of halogens is 2. The number of amides is 1. The molecule has 1 rings (SSSR count). The summed E-state index contributed by atoms with van der Waals surface area (Å²) in [6.45, 7) is 1.91. The summed E-state index contributed by atoms with van der Waals surface area (Å²) >= 11 is 5.88. The topological polar surface area (TPSA) is 46.3 Å². The lowest BCUT2D eigenvalue weighted by atomic mass is 10.1. The van der Waals surface area contributed by atoms with Gasteiger partial charge < -0.3 is 5.73 Å². The molecule has 0 radical (unpaired) electrons. The monoisotopic (exact) mass is 244 g/mol. The molecule has 16 heavy (non-hydrogen) atoms. The fraction of sp³-hybridized carbons (Fsp3) is 0.364. The molecule has 0 aromatic heterocycles. The third kappa shape index (κ3) is 2.93. The van der Waals surface area contributed by atoms with Crippen LogP contribution in [0.25, 0.3) is 0 Å². The highest BCUT2D eigenvalue weighted by molar-refractivity contribution is 6.31. The van der Waals surface area contributed by atoms with E-state index in [1.165, 1.54) is 6.07 Å². The Morgan fingerprint density at radius 1 is 1.62 bits per heavy atom. The third-order valence-electron chi connectivity index (χ3n) is 2.54. The molecule has 2 N–H and O–H groups in total. The van der Waals surface area contributed by atoms with E-state index in [4.69, 9.17) is 17.3 Å². The summed E-state index contributed by atoms with van der Waals surface area (Å²) in [5.41, 5.74) is 5.53. The Hall–Kier alpha value is -1.13. The molecule has 0 aliphatic rings. The molecular formula is C11H14ClFN2O. The first-order chi connectivity index (χ1) is 7.43. The second-order valence-corrected chi connectivity index (χ2v) is 4.10. The number of hydrogen-bond donors (Lipinski definition) is 1. The molecular weight excluding hydrogens is 231 g/mol. The Morgan fingerprint density at radius 2 is 2.25 bits per heavy atom. The second kappa shape index (κ2) is 5.27. The Balaban J connectivity index is 2.84. The van der Waals surface area contributed by atoms with E-state index in [-0.39, 0.29) is 12.4 Å². The van der Waals surface area contributed by atoms with E-state index in [0.717, 1.165) is 0 Å². The minimum absolute atomic E-state index is 0.246. The molecule has 1 aromatic rings. The molecule has 5 heteroatoms. The summed E-state index contributed by atoms with van der Waals surface area (Å²) in [5, 5.41) is 0.350. The van der Waals surface area contributed by atoms with Crippen LogP contribution in [-0.2, 0) is 11.3 Å². The van der Waals surface area contributed by atoms with Gasteiger partial charge in [-0.05, 0) is 26.1 Å². The van der Waals surface area contributed by atoms with Gasteiger partial charge in [0.05, 0.1) is 6.04 Å². The van der Waals surface area contributed by atoms with Crippen molar-refractivity contribution >= 4 is 17.5 Å². The zero-order valence-electron chi connectivity index (χ0n) is 9.21. The van der Waals surface area contributed by atoms with Gasteiger partial charge in [0.1, 0.15) is 5.82 Å². The number of carbonyl (C=O) groups excluding carboxylic acids is 1. The first kappa shape index (κ1) is 12.9. The van der Waals surface area contributed by atoms with Crippen molar-refractivity contribution in [3.8, 4) is 0 Å². The number of primary amides is 1. The van der Waals surface area contributed by atoms with Crippen molar-refractivity contribution in [1.29, 1.82) is 0 Å². The number of nitrogens with zero attached hydrogens (tertiary/aromatic N) is 1. The molecule has 0 fully saturated rings. The van der Waals surface area contributed by atoms with Gasteiger partial charge in [-0.3, -0.25) is 9.69 Å². The molecule has 0 heterocycles. The van der Waals surface area contributed by atoms with E-state index in [0.29, 0.717) is 10.6 Å². The highest BCUT2D eigenvalue weighted by Gasteiger charge is 2.17. The molecule has 1 aromatic carbocycles. The number of hydrogen-bond acceptors (Lipinski definition) is 2. The highest BCUT2D eigenvalue weighted by atomic mass is 35.5. The van der Waals surface area contributed by atoms with Crippen LogP contribution < -0.4 is 5.73 Å². The van der Waals surface area contributed by atoms with Gasteiger partial charge in [0.25, 0.3) is 0 Å². The van der Waals surface area contributed by atoms with E-state index >= 15 is 0 Å². The van der Waals surface area contributed by atoms with Crippen molar-refractivity contribution in [2.24, 2.45) is 5.73 Å². The quantitative estimate of drug-likeness (QED) is 0.878. The molecule has 0 saturated heterocycles. The molecule has 1 atom stereocenters. The molecule has 1 amide bonds. The lowest BCUT2D eigenvalue weighted by molar-refractivity contribution is -0.122. The summed E-state index contributed by atoms with van der Waals surface area (Å²) in [6.07, 6.45) is 0. The van der Waals surface area contributed by atoms with Crippen LogP contribution in [-0.4, -0.2) is 23.9 Å². The molecule has 0 unspecified atom stereocenters. The zero-order chi connectivity index (χ0) is 12.3. The van der Waals surface area contributed by atoms with Crippen molar-refractivity contribution in [2.75, 3.05) is 7.05 Å². The number of nitrogens with two attached hydrogens (primary N) is 1. The molecule has 0 aliphatic heterocycles. The third-order valence-corrected chi connectivity index (χ3v) is 2.90. The summed E-state index contributed by atoms with van der Waals surface area (Å²) < 4.78 is 13.4. The van der Waals surface area contributed by atoms with Crippen molar-refractivity contribution < 1.29 is 9.18 Å². The molecule has 88 valence electrons. The summed E-state index contributed by atoms with van der Waals surface area (Å²) in [5.74, 6) is -0.828. The van der Waals surface area contributed by atoms with Crippen LogP contribution in [0.15, 0.2) is 18.2 Å². The van der Waals surface area contributed by atoms with Gasteiger partial charge in [0.2, 0.25) is 5.91 Å². The SMILES string of the molecule is C[C@H](C(N)=O)N(C)Cc1c(F)cccc1Cl. The first-order valence-corrected chi connectivity index (χ1v) is 5.23. The average Bonchev–Trinajstić information content (AvgIpc) is 2.22. The summed E-state index contributed by atoms with van der Waals surface area (Å²) in [7, 11) is 1.69. The van der Waals surface area contributed by atoms with Crippen LogP contribution in [0.3, 0.4) is 0 Å². The number of benzene rings is 1. The number of rotatable bonds is 4. The largest absolute Gasteiger partial charge is 0.368 e. The van der Waals surface area contributed by atoms with Crippen LogP contribution in [0.1, 0.15) is 12.5 Å². The maximum atomic E-state index is 13.4. The Kier molecular flexibility index (Phi) is 4.26. The number of carbonyl (C=O) groups is 1. The van der Waals surface area contributed by atoms with Gasteiger partial charge in [-0.2, -0.15) is 0 Å². The van der Waals surface area contributed by atoms with Crippen LogP contribution >= 0.6 is 11.6 Å². The minimum Gasteiger partial charge on any atom is -0.368 e. The fourth-order valence-electron chi connectivity index (χ4n) is 1.29. The normalized spacial score (nSPS) is 12.8. The van der Waals surface area contributed by atoms with Crippen LogP contribution in [0.5, 0.6) is 0 Å². The molecule has 0 aliphatic carbocycles. The average molecular weight is 245 g/mol. The minimum atomic E-state index is -0.462. The van der Waals surface area contributed by atoms with E-state index in [1.807, 2.05) is 0 Å². The van der Waals surface area contributed by atoms with E-state index in [9.17, 15) is 9.18 Å². The number of likely N-dealkylation sites (N-methyl/N-ethyl adjacent to an activating group) is 1. The summed E-state index contributed by atoms with van der Waals surface area (Å²) in [6, 6.07) is 4.03. The molecule has 0 saturated carbocycles. The van der Waals surface area contributed by atoms with Gasteiger partial charge in [-0.25, -0.2) is 4.39 Å². The van der Waals surface area contributed by atoms with Crippen molar-refractivity contribution in [3.63, 3.8) is 0 Å². The van der Waals surface area contributed by atoms with E-state index < -0.39 is 11.9 Å². The lowest BCUT2D eigenvalue weighted by Gasteiger charge is -2.22. The van der Waals surface area contributed by atoms with Gasteiger partial charge >= 0.3 is 0 Å². The lowest BCUT2D eigenvalue weighted by Crippen LogP contribution is -2.39. The zero-order valence-corrected chi connectivity index (χ0v) is 9.96. The van der Waals surface area contributed by atoms with E-state index in [1.54, 1.807) is 31.0 Å². The predicted molar refractivity (Wildman–Crippen MR) is 61.5 cm³/mol. The van der Waals surface area contributed by atoms with Crippen LogP contribution in [0.2, 0.25) is 5.02 Å². The first-order valence-electron chi connectivity index (χ1n) is 4.86. The second-order valence-electron chi connectivity index (χ2n) is 3.69. The van der Waals surface area contributed by atoms with Gasteiger partial charge in [0.15, 0.2) is 0 Å². The van der Waals surface area contributed by atoms with Crippen LogP contribution in [0.4, 0.5) is 4.39 Å². The van der Waals surface area contributed by atoms with Gasteiger partial charge in [-0.1, -0.05) is 17.7 Å². The highest BCUT2D eigenvalue weighted by Crippen LogP contribution is 2.20. The Labute approximate surface area is 99.0 Å². The standard InChI is InChI=1S/C11H14ClFN2O/c1-7(11(14)16)15(2)6-8-9(12)4-3-5-10(8)13/h3-5,7H,6H2,1-2H3,(H2,14,16)/t7-/m1/s1. The Morgan fingerprint density at radius 3 is 2.75 bits per heavy atom. The van der Waals surface area contributed by atoms with Crippen molar-refractivity contribution in [2.45, 2.75) is 19.5 Å². The Bertz CT molecular complexity index is 377.